The van der Waals surface area contributed by atoms with Crippen molar-refractivity contribution in [3.63, 3.8) is 0 Å². The van der Waals surface area contributed by atoms with Gasteiger partial charge in [0.2, 0.25) is 0 Å². The van der Waals surface area contributed by atoms with E-state index >= 15 is 0 Å². The molecule has 0 radical (unpaired) electrons. The first-order valence-corrected chi connectivity index (χ1v) is 6.66. The van der Waals surface area contributed by atoms with E-state index in [0.717, 1.165) is 19.4 Å². The monoisotopic (exact) mass is 300 g/mol. The number of rotatable bonds is 2. The van der Waals surface area contributed by atoms with E-state index in [1.54, 1.807) is 6.07 Å². The van der Waals surface area contributed by atoms with Crippen LogP contribution >= 0.6 is 15.9 Å². The third kappa shape index (κ3) is 2.72. The Morgan fingerprint density at radius 2 is 2.47 bits per heavy atom. The minimum Gasteiger partial charge on any atom is -0.457 e. The molecule has 2 N–H and O–H groups in total. The molecule has 0 saturated carbocycles. The molecule has 94 valence electrons. The van der Waals surface area contributed by atoms with Crippen LogP contribution in [-0.2, 0) is 0 Å². The van der Waals surface area contributed by atoms with E-state index in [1.807, 2.05) is 4.90 Å². The van der Waals surface area contributed by atoms with E-state index in [0.29, 0.717) is 22.7 Å². The van der Waals surface area contributed by atoms with Gasteiger partial charge in [0.1, 0.15) is 6.26 Å². The Morgan fingerprint density at radius 1 is 1.71 bits per heavy atom. The summed E-state index contributed by atoms with van der Waals surface area (Å²) in [5.41, 5.74) is 6.34. The molecule has 1 aromatic rings. The van der Waals surface area contributed by atoms with Gasteiger partial charge in [-0.15, -0.1) is 0 Å². The Labute approximate surface area is 109 Å². The lowest BCUT2D eigenvalue weighted by molar-refractivity contribution is 0.0573. The number of carbonyl (C=O) groups excluding carboxylic acids is 1. The summed E-state index contributed by atoms with van der Waals surface area (Å²) in [4.78, 5) is 14.2. The summed E-state index contributed by atoms with van der Waals surface area (Å²) in [6.07, 6.45) is 3.51. The zero-order chi connectivity index (χ0) is 12.4. The van der Waals surface area contributed by atoms with E-state index in [4.69, 9.17) is 10.2 Å². The minimum absolute atomic E-state index is 0.0156. The van der Waals surface area contributed by atoms with Crippen molar-refractivity contribution in [3.8, 4) is 0 Å². The normalized spacial score (nSPS) is 25.0. The highest BCUT2D eigenvalue weighted by molar-refractivity contribution is 9.10. The molecule has 1 aromatic heterocycles. The first-order chi connectivity index (χ1) is 8.11. The highest BCUT2D eigenvalue weighted by atomic mass is 79.9. The van der Waals surface area contributed by atoms with Gasteiger partial charge in [0.05, 0.1) is 5.56 Å². The largest absolute Gasteiger partial charge is 0.457 e. The van der Waals surface area contributed by atoms with Crippen LogP contribution in [-0.4, -0.2) is 29.9 Å². The second-order valence-corrected chi connectivity index (χ2v) is 5.44. The lowest BCUT2D eigenvalue weighted by Gasteiger charge is -2.37. The molecule has 2 rings (SSSR count). The molecule has 1 aliphatic heterocycles. The van der Waals surface area contributed by atoms with Crippen LogP contribution in [0.3, 0.4) is 0 Å². The lowest BCUT2D eigenvalue weighted by atomic mass is 9.92. The second kappa shape index (κ2) is 5.23. The molecule has 2 heterocycles. The summed E-state index contributed by atoms with van der Waals surface area (Å²) in [5.74, 6) is 0.658. The van der Waals surface area contributed by atoms with E-state index in [9.17, 15) is 4.79 Å². The number of amides is 1. The summed E-state index contributed by atoms with van der Waals surface area (Å²) in [6.45, 7) is 3.51. The Bertz CT molecular complexity index is 405. The number of nitrogens with zero attached hydrogens (tertiary/aromatic N) is 1. The molecule has 0 bridgehead atoms. The Balaban J connectivity index is 2.13. The maximum absolute atomic E-state index is 12.3. The summed E-state index contributed by atoms with van der Waals surface area (Å²) in [5, 5.41) is 0. The van der Waals surface area contributed by atoms with Gasteiger partial charge in [0, 0.05) is 25.2 Å². The first-order valence-electron chi connectivity index (χ1n) is 5.87. The summed E-state index contributed by atoms with van der Waals surface area (Å²) in [6, 6.07) is 1.86. The number of nitrogens with two attached hydrogens (primary N) is 1. The number of furan rings is 1. The molecule has 1 amide bonds. The minimum atomic E-state index is 0.0156. The number of carbonyl (C=O) groups is 1. The zero-order valence-electron chi connectivity index (χ0n) is 9.86. The van der Waals surface area contributed by atoms with Gasteiger partial charge in [-0.2, -0.15) is 0 Å². The Kier molecular flexibility index (Phi) is 3.89. The molecular weight excluding hydrogens is 284 g/mol. The average Bonchev–Trinajstić information content (AvgIpc) is 2.75. The topological polar surface area (TPSA) is 59.5 Å². The standard InChI is InChI=1S/C12H17BrN2O2/c1-8-2-3-15(10(4-8)6-14)12(16)9-5-11(13)17-7-9/h5,7-8,10H,2-4,6,14H2,1H3. The molecule has 2 unspecified atom stereocenters. The average molecular weight is 301 g/mol. The van der Waals surface area contributed by atoms with Crippen molar-refractivity contribution in [1.82, 2.24) is 4.90 Å². The van der Waals surface area contributed by atoms with Crippen LogP contribution in [0.15, 0.2) is 21.4 Å². The molecule has 17 heavy (non-hydrogen) atoms. The summed E-state index contributed by atoms with van der Waals surface area (Å²) < 4.78 is 5.68. The number of piperidine rings is 1. The van der Waals surface area contributed by atoms with Gasteiger partial charge in [-0.05, 0) is 34.7 Å². The van der Waals surface area contributed by atoms with Crippen LogP contribution < -0.4 is 5.73 Å². The van der Waals surface area contributed by atoms with Crippen molar-refractivity contribution in [2.45, 2.75) is 25.8 Å². The van der Waals surface area contributed by atoms with Crippen molar-refractivity contribution in [1.29, 1.82) is 0 Å². The number of likely N-dealkylation sites (tertiary alicyclic amines) is 1. The van der Waals surface area contributed by atoms with Crippen LogP contribution in [0.2, 0.25) is 0 Å². The fourth-order valence-electron chi connectivity index (χ4n) is 2.33. The van der Waals surface area contributed by atoms with Crippen LogP contribution in [0.1, 0.15) is 30.1 Å². The summed E-state index contributed by atoms with van der Waals surface area (Å²) in [7, 11) is 0. The molecule has 4 nitrogen and oxygen atoms in total. The SMILES string of the molecule is CC1CCN(C(=O)c2coc(Br)c2)C(CN)C1. The van der Waals surface area contributed by atoms with Gasteiger partial charge >= 0.3 is 0 Å². The highest BCUT2D eigenvalue weighted by Gasteiger charge is 2.30. The maximum Gasteiger partial charge on any atom is 0.257 e. The highest BCUT2D eigenvalue weighted by Crippen LogP contribution is 2.24. The predicted molar refractivity (Wildman–Crippen MR) is 68.7 cm³/mol. The van der Waals surface area contributed by atoms with Crippen molar-refractivity contribution in [2.75, 3.05) is 13.1 Å². The third-order valence-electron chi connectivity index (χ3n) is 3.33. The molecule has 0 spiro atoms. The molecule has 2 atom stereocenters. The van der Waals surface area contributed by atoms with E-state index in [-0.39, 0.29) is 11.9 Å². The molecular formula is C12H17BrN2O2. The van der Waals surface area contributed by atoms with Gasteiger partial charge in [-0.3, -0.25) is 4.79 Å². The Hall–Kier alpha value is -0.810. The van der Waals surface area contributed by atoms with Crippen LogP contribution in [0.25, 0.3) is 0 Å². The number of halogens is 1. The van der Waals surface area contributed by atoms with Gasteiger partial charge in [-0.1, -0.05) is 6.92 Å². The van der Waals surface area contributed by atoms with Crippen molar-refractivity contribution < 1.29 is 9.21 Å². The van der Waals surface area contributed by atoms with Crippen molar-refractivity contribution in [2.24, 2.45) is 11.7 Å². The third-order valence-corrected chi connectivity index (χ3v) is 3.74. The molecule has 1 saturated heterocycles. The fraction of sp³-hybridized carbons (Fsp3) is 0.583. The van der Waals surface area contributed by atoms with Gasteiger partial charge in [0.15, 0.2) is 4.67 Å². The van der Waals surface area contributed by atoms with Crippen molar-refractivity contribution in [3.05, 3.63) is 22.6 Å². The smallest absolute Gasteiger partial charge is 0.257 e. The fourth-order valence-corrected chi connectivity index (χ4v) is 2.67. The van der Waals surface area contributed by atoms with Gasteiger partial charge in [0.25, 0.3) is 5.91 Å². The zero-order valence-corrected chi connectivity index (χ0v) is 11.4. The molecule has 1 aliphatic rings. The van der Waals surface area contributed by atoms with Gasteiger partial charge < -0.3 is 15.1 Å². The molecule has 0 aliphatic carbocycles. The van der Waals surface area contributed by atoms with Crippen LogP contribution in [0, 0.1) is 5.92 Å². The van der Waals surface area contributed by atoms with Gasteiger partial charge in [-0.25, -0.2) is 0 Å². The summed E-state index contributed by atoms with van der Waals surface area (Å²) >= 11 is 3.20. The van der Waals surface area contributed by atoms with Crippen LogP contribution in [0.4, 0.5) is 0 Å². The lowest BCUT2D eigenvalue weighted by Crippen LogP contribution is -2.49. The maximum atomic E-state index is 12.3. The van der Waals surface area contributed by atoms with E-state index in [2.05, 4.69) is 22.9 Å². The molecule has 1 fully saturated rings. The number of hydrogen-bond donors (Lipinski definition) is 1. The van der Waals surface area contributed by atoms with Crippen LogP contribution in [0.5, 0.6) is 0 Å². The Morgan fingerprint density at radius 3 is 3.06 bits per heavy atom. The van der Waals surface area contributed by atoms with Crippen molar-refractivity contribution >= 4 is 21.8 Å². The van der Waals surface area contributed by atoms with E-state index < -0.39 is 0 Å². The molecule has 0 aromatic carbocycles. The number of hydrogen-bond acceptors (Lipinski definition) is 3. The predicted octanol–water partition coefficient (Wildman–Crippen LogP) is 2.24. The second-order valence-electron chi connectivity index (χ2n) is 4.66. The first kappa shape index (κ1) is 12.6. The quantitative estimate of drug-likeness (QED) is 0.911. The van der Waals surface area contributed by atoms with E-state index in [1.165, 1.54) is 6.26 Å². The molecule has 5 heteroatoms.